The van der Waals surface area contributed by atoms with E-state index in [4.69, 9.17) is 4.74 Å². The third-order valence-electron chi connectivity index (χ3n) is 2.36. The Hall–Kier alpha value is -1.02. The lowest BCUT2D eigenvalue weighted by molar-refractivity contribution is 0.311. The first-order valence-corrected chi connectivity index (χ1v) is 5.74. The zero-order chi connectivity index (χ0) is 11.1. The maximum atomic E-state index is 5.71. The first-order valence-electron chi connectivity index (χ1n) is 5.74. The molecule has 0 saturated carbocycles. The van der Waals surface area contributed by atoms with Crippen LogP contribution in [0, 0.1) is 0 Å². The molecule has 0 unspecified atom stereocenters. The molecule has 0 spiro atoms. The van der Waals surface area contributed by atoms with E-state index >= 15 is 0 Å². The lowest BCUT2D eigenvalue weighted by Crippen LogP contribution is -2.18. The molecule has 0 aliphatic carbocycles. The van der Waals surface area contributed by atoms with Gasteiger partial charge in [-0.3, -0.25) is 0 Å². The smallest absolute Gasteiger partial charge is 0.124 e. The number of hydrogen-bond donors (Lipinski definition) is 1. The minimum atomic E-state index is 0.350. The summed E-state index contributed by atoms with van der Waals surface area (Å²) in [5.41, 5.74) is 1.24. The van der Waals surface area contributed by atoms with Crippen molar-refractivity contribution in [2.45, 2.75) is 33.2 Å². The number of ether oxygens (including phenoxy) is 1. The van der Waals surface area contributed by atoms with E-state index in [1.54, 1.807) is 0 Å². The molecule has 0 heterocycles. The van der Waals surface area contributed by atoms with E-state index in [2.05, 4.69) is 38.2 Å². The van der Waals surface area contributed by atoms with E-state index in [-0.39, 0.29) is 0 Å². The van der Waals surface area contributed by atoms with E-state index in [0.717, 1.165) is 25.3 Å². The molecule has 1 aromatic rings. The summed E-state index contributed by atoms with van der Waals surface area (Å²) in [7, 11) is 0. The molecule has 0 bridgehead atoms. The van der Waals surface area contributed by atoms with E-state index in [9.17, 15) is 0 Å². The highest BCUT2D eigenvalue weighted by molar-refractivity contribution is 5.35. The Kier molecular flexibility index (Phi) is 5.19. The summed E-state index contributed by atoms with van der Waals surface area (Å²) < 4.78 is 5.71. The van der Waals surface area contributed by atoms with E-state index < -0.39 is 0 Å². The molecular formula is C13H21NO. The minimum Gasteiger partial charge on any atom is -0.493 e. The van der Waals surface area contributed by atoms with Crippen LogP contribution in [0.4, 0.5) is 0 Å². The van der Waals surface area contributed by atoms with Crippen LogP contribution >= 0.6 is 0 Å². The second-order valence-electron chi connectivity index (χ2n) is 3.67. The van der Waals surface area contributed by atoms with Crippen molar-refractivity contribution in [3.63, 3.8) is 0 Å². The predicted octanol–water partition coefficient (Wildman–Crippen LogP) is 3.15. The predicted molar refractivity (Wildman–Crippen MR) is 64.3 cm³/mol. The highest BCUT2D eigenvalue weighted by Crippen LogP contribution is 2.24. The van der Waals surface area contributed by atoms with Gasteiger partial charge < -0.3 is 10.1 Å². The molecule has 2 heteroatoms. The van der Waals surface area contributed by atoms with Gasteiger partial charge in [0.2, 0.25) is 0 Å². The van der Waals surface area contributed by atoms with Crippen LogP contribution in [0.2, 0.25) is 0 Å². The van der Waals surface area contributed by atoms with Gasteiger partial charge in [-0.15, -0.1) is 0 Å². The van der Waals surface area contributed by atoms with Gasteiger partial charge in [0.1, 0.15) is 5.75 Å². The molecule has 1 aromatic carbocycles. The summed E-state index contributed by atoms with van der Waals surface area (Å²) in [6.45, 7) is 8.17. The molecule has 1 N–H and O–H groups in total. The topological polar surface area (TPSA) is 21.3 Å². The Bertz CT molecular complexity index is 286. The van der Waals surface area contributed by atoms with Crippen molar-refractivity contribution in [3.05, 3.63) is 29.8 Å². The lowest BCUT2D eigenvalue weighted by Gasteiger charge is -2.17. The molecule has 0 aromatic heterocycles. The Labute approximate surface area is 92.6 Å². The van der Waals surface area contributed by atoms with Crippen molar-refractivity contribution in [3.8, 4) is 5.75 Å². The first-order chi connectivity index (χ1) is 7.29. The molecule has 1 atom stereocenters. The van der Waals surface area contributed by atoms with Gasteiger partial charge in [-0.25, -0.2) is 0 Å². The van der Waals surface area contributed by atoms with Crippen LogP contribution in [0.15, 0.2) is 24.3 Å². The fraction of sp³-hybridized carbons (Fsp3) is 0.538. The van der Waals surface area contributed by atoms with E-state index in [1.165, 1.54) is 5.56 Å². The number of rotatable bonds is 6. The number of para-hydroxylation sites is 1. The summed E-state index contributed by atoms with van der Waals surface area (Å²) in [5.74, 6) is 1.01. The average molecular weight is 207 g/mol. The van der Waals surface area contributed by atoms with Crippen LogP contribution in [0.5, 0.6) is 5.75 Å². The van der Waals surface area contributed by atoms with Gasteiger partial charge >= 0.3 is 0 Å². The van der Waals surface area contributed by atoms with Crippen molar-refractivity contribution in [2.24, 2.45) is 0 Å². The van der Waals surface area contributed by atoms with Gasteiger partial charge in [0.15, 0.2) is 0 Å². The molecular weight excluding hydrogens is 186 g/mol. The number of nitrogens with one attached hydrogen (secondary N) is 1. The Morgan fingerprint density at radius 2 is 2.00 bits per heavy atom. The highest BCUT2D eigenvalue weighted by Gasteiger charge is 2.09. The fourth-order valence-electron chi connectivity index (χ4n) is 1.60. The monoisotopic (exact) mass is 207 g/mol. The van der Waals surface area contributed by atoms with Crippen molar-refractivity contribution >= 4 is 0 Å². The summed E-state index contributed by atoms with van der Waals surface area (Å²) >= 11 is 0. The fourth-order valence-corrected chi connectivity index (χ4v) is 1.60. The second-order valence-corrected chi connectivity index (χ2v) is 3.67. The van der Waals surface area contributed by atoms with E-state index in [1.807, 2.05) is 12.1 Å². The Balaban J connectivity index is 2.75. The van der Waals surface area contributed by atoms with Crippen LogP contribution in [0.3, 0.4) is 0 Å². The molecule has 0 radical (unpaired) electrons. The highest BCUT2D eigenvalue weighted by atomic mass is 16.5. The van der Waals surface area contributed by atoms with E-state index in [0.29, 0.717) is 6.04 Å². The average Bonchev–Trinajstić information content (AvgIpc) is 2.27. The maximum absolute atomic E-state index is 5.71. The summed E-state index contributed by atoms with van der Waals surface area (Å²) in [6, 6.07) is 8.59. The lowest BCUT2D eigenvalue weighted by atomic mass is 10.1. The molecule has 84 valence electrons. The van der Waals surface area contributed by atoms with Crippen molar-refractivity contribution in [1.82, 2.24) is 5.32 Å². The molecule has 0 amide bonds. The molecule has 0 aliphatic rings. The standard InChI is InChI=1S/C13H21NO/c1-4-10-15-13-9-7-6-8-12(13)11(3)14-5-2/h6-9,11,14H,4-5,10H2,1-3H3/t11-/m0/s1. The molecule has 15 heavy (non-hydrogen) atoms. The van der Waals surface area contributed by atoms with Crippen LogP contribution < -0.4 is 10.1 Å². The second kappa shape index (κ2) is 6.46. The van der Waals surface area contributed by atoms with Gasteiger partial charge in [0.25, 0.3) is 0 Å². The van der Waals surface area contributed by atoms with Crippen LogP contribution in [-0.2, 0) is 0 Å². The molecule has 2 nitrogen and oxygen atoms in total. The summed E-state index contributed by atoms with van der Waals surface area (Å²) in [5, 5.41) is 3.40. The number of benzene rings is 1. The minimum absolute atomic E-state index is 0.350. The first kappa shape index (κ1) is 12.1. The third-order valence-corrected chi connectivity index (χ3v) is 2.36. The SMILES string of the molecule is CCCOc1ccccc1[C@H](C)NCC. The van der Waals surface area contributed by atoms with Crippen LogP contribution in [0.1, 0.15) is 38.8 Å². The Morgan fingerprint density at radius 1 is 1.27 bits per heavy atom. The normalized spacial score (nSPS) is 12.5. The zero-order valence-corrected chi connectivity index (χ0v) is 9.92. The van der Waals surface area contributed by atoms with Crippen molar-refractivity contribution < 1.29 is 4.74 Å². The molecule has 0 aliphatic heterocycles. The largest absolute Gasteiger partial charge is 0.493 e. The van der Waals surface area contributed by atoms with Gasteiger partial charge in [0, 0.05) is 11.6 Å². The zero-order valence-electron chi connectivity index (χ0n) is 9.92. The Morgan fingerprint density at radius 3 is 2.67 bits per heavy atom. The summed E-state index contributed by atoms with van der Waals surface area (Å²) in [4.78, 5) is 0. The van der Waals surface area contributed by atoms with Crippen LogP contribution in [0.25, 0.3) is 0 Å². The summed E-state index contributed by atoms with van der Waals surface area (Å²) in [6.07, 6.45) is 1.05. The molecule has 0 saturated heterocycles. The van der Waals surface area contributed by atoms with Gasteiger partial charge in [-0.05, 0) is 26.0 Å². The molecule has 0 fully saturated rings. The van der Waals surface area contributed by atoms with Crippen molar-refractivity contribution in [1.29, 1.82) is 0 Å². The molecule has 1 rings (SSSR count). The third kappa shape index (κ3) is 3.56. The number of hydrogen-bond acceptors (Lipinski definition) is 2. The van der Waals surface area contributed by atoms with Gasteiger partial charge in [-0.2, -0.15) is 0 Å². The quantitative estimate of drug-likeness (QED) is 0.773. The maximum Gasteiger partial charge on any atom is 0.124 e. The van der Waals surface area contributed by atoms with Crippen LogP contribution in [-0.4, -0.2) is 13.2 Å². The van der Waals surface area contributed by atoms with Crippen molar-refractivity contribution in [2.75, 3.05) is 13.2 Å². The van der Waals surface area contributed by atoms with Gasteiger partial charge in [0.05, 0.1) is 6.61 Å². The van der Waals surface area contributed by atoms with Gasteiger partial charge in [-0.1, -0.05) is 32.0 Å².